The van der Waals surface area contributed by atoms with Gasteiger partial charge in [-0.15, -0.1) is 0 Å². The lowest BCUT2D eigenvalue weighted by Crippen LogP contribution is -2.26. The van der Waals surface area contributed by atoms with Crippen LogP contribution in [0.1, 0.15) is 38.8 Å². The van der Waals surface area contributed by atoms with Gasteiger partial charge in [0, 0.05) is 13.0 Å². The quantitative estimate of drug-likeness (QED) is 0.730. The van der Waals surface area contributed by atoms with E-state index in [1.165, 1.54) is 6.92 Å². The molecule has 1 unspecified atom stereocenters. The van der Waals surface area contributed by atoms with E-state index in [4.69, 9.17) is 10.00 Å². The topological polar surface area (TPSA) is 85.0 Å². The Kier molecular flexibility index (Phi) is 6.07. The fraction of sp³-hybridized carbons (Fsp3) is 0.444. The molecule has 24 heavy (non-hydrogen) atoms. The SMILES string of the molecule is CCCCn1c(=O)c(CCC(=O)OC(C)C#N)nc2ccccc21. The molecule has 0 fully saturated rings. The van der Waals surface area contributed by atoms with E-state index in [1.807, 2.05) is 30.3 Å². The number of aromatic nitrogens is 2. The molecule has 126 valence electrons. The van der Waals surface area contributed by atoms with E-state index in [9.17, 15) is 9.59 Å². The number of carbonyl (C=O) groups excluding carboxylic acids is 1. The van der Waals surface area contributed by atoms with Gasteiger partial charge in [-0.05, 0) is 25.5 Å². The van der Waals surface area contributed by atoms with Crippen molar-refractivity contribution in [3.05, 3.63) is 40.3 Å². The third-order valence-electron chi connectivity index (χ3n) is 3.71. The lowest BCUT2D eigenvalue weighted by atomic mass is 10.2. The Hall–Kier alpha value is -2.68. The van der Waals surface area contributed by atoms with Crippen LogP contribution in [-0.4, -0.2) is 21.6 Å². The van der Waals surface area contributed by atoms with E-state index in [1.54, 1.807) is 4.57 Å². The van der Waals surface area contributed by atoms with Crippen molar-refractivity contribution in [1.82, 2.24) is 9.55 Å². The summed E-state index contributed by atoms with van der Waals surface area (Å²) in [6.07, 6.45) is 1.32. The molecule has 2 aromatic rings. The Labute approximate surface area is 140 Å². The van der Waals surface area contributed by atoms with Gasteiger partial charge in [0.2, 0.25) is 0 Å². The minimum absolute atomic E-state index is 0.0282. The van der Waals surface area contributed by atoms with Gasteiger partial charge in [0.15, 0.2) is 6.10 Å². The van der Waals surface area contributed by atoms with Gasteiger partial charge < -0.3 is 9.30 Å². The summed E-state index contributed by atoms with van der Waals surface area (Å²) in [5, 5.41) is 8.66. The monoisotopic (exact) mass is 327 g/mol. The van der Waals surface area contributed by atoms with E-state index in [-0.39, 0.29) is 18.4 Å². The molecule has 1 atom stereocenters. The van der Waals surface area contributed by atoms with Gasteiger partial charge >= 0.3 is 5.97 Å². The molecule has 0 saturated carbocycles. The van der Waals surface area contributed by atoms with Crippen LogP contribution in [0.4, 0.5) is 0 Å². The van der Waals surface area contributed by atoms with Crippen LogP contribution in [0.5, 0.6) is 0 Å². The summed E-state index contributed by atoms with van der Waals surface area (Å²) in [6.45, 7) is 4.20. The maximum atomic E-state index is 12.7. The zero-order chi connectivity index (χ0) is 17.5. The third-order valence-corrected chi connectivity index (χ3v) is 3.71. The van der Waals surface area contributed by atoms with Crippen LogP contribution in [0.15, 0.2) is 29.1 Å². The zero-order valence-electron chi connectivity index (χ0n) is 14.0. The van der Waals surface area contributed by atoms with Gasteiger partial charge in [0.25, 0.3) is 5.56 Å². The molecule has 0 aliphatic heterocycles. The minimum atomic E-state index is -0.789. The van der Waals surface area contributed by atoms with Crippen LogP contribution in [0.2, 0.25) is 0 Å². The van der Waals surface area contributed by atoms with Gasteiger partial charge in [-0.2, -0.15) is 5.26 Å². The number of ether oxygens (including phenoxy) is 1. The predicted octanol–water partition coefficient (Wildman–Crippen LogP) is 2.58. The Morgan fingerprint density at radius 2 is 2.17 bits per heavy atom. The second-order valence-corrected chi connectivity index (χ2v) is 5.62. The molecule has 0 radical (unpaired) electrons. The number of nitrogens with zero attached hydrogens (tertiary/aromatic N) is 3. The molecule has 0 aliphatic carbocycles. The molecule has 0 aliphatic rings. The van der Waals surface area contributed by atoms with Crippen molar-refractivity contribution < 1.29 is 9.53 Å². The number of unbranched alkanes of at least 4 members (excludes halogenated alkanes) is 1. The highest BCUT2D eigenvalue weighted by molar-refractivity contribution is 5.75. The lowest BCUT2D eigenvalue weighted by molar-refractivity contribution is -0.145. The highest BCUT2D eigenvalue weighted by atomic mass is 16.5. The Morgan fingerprint density at radius 1 is 1.42 bits per heavy atom. The summed E-state index contributed by atoms with van der Waals surface area (Å²) in [7, 11) is 0. The molecule has 0 amide bonds. The summed E-state index contributed by atoms with van der Waals surface area (Å²) in [5.41, 5.74) is 1.73. The molecule has 1 aromatic heterocycles. The van der Waals surface area contributed by atoms with Crippen LogP contribution in [0.25, 0.3) is 11.0 Å². The number of hydrogen-bond acceptors (Lipinski definition) is 5. The smallest absolute Gasteiger partial charge is 0.307 e. The second-order valence-electron chi connectivity index (χ2n) is 5.62. The van der Waals surface area contributed by atoms with Gasteiger partial charge in [-0.3, -0.25) is 9.59 Å². The molecule has 0 N–H and O–H groups in total. The number of esters is 1. The minimum Gasteiger partial charge on any atom is -0.447 e. The van der Waals surface area contributed by atoms with Crippen LogP contribution in [0.3, 0.4) is 0 Å². The number of para-hydroxylation sites is 2. The van der Waals surface area contributed by atoms with Crippen molar-refractivity contribution in [2.24, 2.45) is 0 Å². The number of fused-ring (bicyclic) bond motifs is 1. The van der Waals surface area contributed by atoms with Crippen molar-refractivity contribution in [3.63, 3.8) is 0 Å². The molecule has 0 bridgehead atoms. The largest absolute Gasteiger partial charge is 0.447 e. The van der Waals surface area contributed by atoms with E-state index >= 15 is 0 Å². The first kappa shape index (κ1) is 17.7. The maximum Gasteiger partial charge on any atom is 0.307 e. The van der Waals surface area contributed by atoms with E-state index in [2.05, 4.69) is 11.9 Å². The summed E-state index contributed by atoms with van der Waals surface area (Å²) < 4.78 is 6.63. The first-order valence-corrected chi connectivity index (χ1v) is 8.14. The summed E-state index contributed by atoms with van der Waals surface area (Å²) in [6, 6.07) is 9.33. The summed E-state index contributed by atoms with van der Waals surface area (Å²) in [4.78, 5) is 28.8. The molecule has 1 heterocycles. The first-order chi connectivity index (χ1) is 11.6. The van der Waals surface area contributed by atoms with Crippen molar-refractivity contribution >= 4 is 17.0 Å². The fourth-order valence-corrected chi connectivity index (χ4v) is 2.45. The Morgan fingerprint density at radius 3 is 2.88 bits per heavy atom. The van der Waals surface area contributed by atoms with Gasteiger partial charge in [0.1, 0.15) is 11.8 Å². The average Bonchev–Trinajstić information content (AvgIpc) is 2.59. The van der Waals surface area contributed by atoms with Gasteiger partial charge in [0.05, 0.1) is 17.5 Å². The Balaban J connectivity index is 2.27. The Bertz CT molecular complexity index is 820. The van der Waals surface area contributed by atoms with Crippen LogP contribution in [-0.2, 0) is 22.5 Å². The highest BCUT2D eigenvalue weighted by Gasteiger charge is 2.14. The molecule has 6 nitrogen and oxygen atoms in total. The number of aryl methyl sites for hydroxylation is 2. The highest BCUT2D eigenvalue weighted by Crippen LogP contribution is 2.12. The standard InChI is InChI=1S/C18H21N3O3/c1-3-4-11-21-16-8-6-5-7-14(16)20-15(18(21)23)9-10-17(22)24-13(2)12-19/h5-8,13H,3-4,9-11H2,1-2H3. The van der Waals surface area contributed by atoms with E-state index in [0.29, 0.717) is 12.2 Å². The zero-order valence-corrected chi connectivity index (χ0v) is 14.0. The third kappa shape index (κ3) is 4.19. The second kappa shape index (κ2) is 8.25. The van der Waals surface area contributed by atoms with Crippen molar-refractivity contribution in [2.45, 2.75) is 52.2 Å². The molecule has 0 saturated heterocycles. The number of rotatable bonds is 7. The summed E-state index contributed by atoms with van der Waals surface area (Å²) >= 11 is 0. The lowest BCUT2D eigenvalue weighted by Gasteiger charge is -2.12. The van der Waals surface area contributed by atoms with E-state index in [0.717, 1.165) is 23.9 Å². The van der Waals surface area contributed by atoms with Crippen molar-refractivity contribution in [2.75, 3.05) is 0 Å². The molecule has 0 spiro atoms. The van der Waals surface area contributed by atoms with E-state index < -0.39 is 12.1 Å². The molecule has 6 heteroatoms. The number of carbonyl (C=O) groups is 1. The van der Waals surface area contributed by atoms with Crippen molar-refractivity contribution in [1.29, 1.82) is 5.26 Å². The predicted molar refractivity (Wildman–Crippen MR) is 90.4 cm³/mol. The summed E-state index contributed by atoms with van der Waals surface area (Å²) in [5.74, 6) is -0.501. The number of nitriles is 1. The number of benzene rings is 1. The van der Waals surface area contributed by atoms with Crippen molar-refractivity contribution in [3.8, 4) is 6.07 Å². The van der Waals surface area contributed by atoms with Gasteiger partial charge in [-0.1, -0.05) is 25.5 Å². The normalized spacial score (nSPS) is 11.9. The van der Waals surface area contributed by atoms with Crippen LogP contribution >= 0.6 is 0 Å². The first-order valence-electron chi connectivity index (χ1n) is 8.14. The fourth-order valence-electron chi connectivity index (χ4n) is 2.45. The van der Waals surface area contributed by atoms with Gasteiger partial charge in [-0.25, -0.2) is 4.98 Å². The molecular weight excluding hydrogens is 306 g/mol. The van der Waals surface area contributed by atoms with Crippen LogP contribution in [0, 0.1) is 11.3 Å². The molecular formula is C18H21N3O3. The molecule has 1 aromatic carbocycles. The average molecular weight is 327 g/mol. The maximum absolute atomic E-state index is 12.7. The van der Waals surface area contributed by atoms with Crippen LogP contribution < -0.4 is 5.56 Å². The number of hydrogen-bond donors (Lipinski definition) is 0. The molecule has 2 rings (SSSR count).